The Morgan fingerprint density at radius 2 is 1.27 bits per heavy atom. The van der Waals surface area contributed by atoms with E-state index in [2.05, 4.69) is 10.6 Å². The molecule has 0 rings (SSSR count). The lowest BCUT2D eigenvalue weighted by molar-refractivity contribution is 0.236. The quantitative estimate of drug-likeness (QED) is 0.738. The van der Waals surface area contributed by atoms with Gasteiger partial charge in [0, 0.05) is 12.1 Å². The van der Waals surface area contributed by atoms with E-state index in [0.717, 1.165) is 0 Å². The summed E-state index contributed by atoms with van der Waals surface area (Å²) < 4.78 is 0. The van der Waals surface area contributed by atoms with Crippen molar-refractivity contribution in [3.05, 3.63) is 0 Å². The molecule has 0 radical (unpaired) electrons. The smallest absolute Gasteiger partial charge is 0.315 e. The highest BCUT2D eigenvalue weighted by atomic mass is 127. The monoisotopic (exact) mass is 272 g/mol. The second kappa shape index (κ2) is 6.69. The summed E-state index contributed by atoms with van der Waals surface area (Å²) >= 11 is 0. The molecule has 0 aliphatic rings. The predicted molar refractivity (Wildman–Crippen MR) is 57.4 cm³/mol. The zero-order chi connectivity index (χ0) is 8.15. The average molecular weight is 272 g/mol. The highest BCUT2D eigenvalue weighted by molar-refractivity contribution is 14.0. The Kier molecular flexibility index (Phi) is 8.26. The third kappa shape index (κ3) is 10.0. The summed E-state index contributed by atoms with van der Waals surface area (Å²) in [4.78, 5) is 10.8. The van der Waals surface area contributed by atoms with Crippen molar-refractivity contribution in [2.24, 2.45) is 0 Å². The molecular formula is C7H17IN2O. The van der Waals surface area contributed by atoms with Crippen molar-refractivity contribution in [2.75, 3.05) is 0 Å². The molecule has 0 aromatic rings. The number of amides is 2. The van der Waals surface area contributed by atoms with Gasteiger partial charge in [0.25, 0.3) is 0 Å². The van der Waals surface area contributed by atoms with Crippen LogP contribution in [-0.2, 0) is 0 Å². The van der Waals surface area contributed by atoms with Crippen LogP contribution in [0.15, 0.2) is 0 Å². The molecule has 0 saturated heterocycles. The molecule has 2 N–H and O–H groups in total. The van der Waals surface area contributed by atoms with Crippen molar-refractivity contribution in [2.45, 2.75) is 39.8 Å². The van der Waals surface area contributed by atoms with Gasteiger partial charge in [-0.05, 0) is 27.7 Å². The largest absolute Gasteiger partial charge is 0.336 e. The van der Waals surface area contributed by atoms with Gasteiger partial charge in [-0.25, -0.2) is 4.79 Å². The molecule has 4 heteroatoms. The lowest BCUT2D eigenvalue weighted by Crippen LogP contribution is -2.42. The average Bonchev–Trinajstić information content (AvgIpc) is 1.58. The van der Waals surface area contributed by atoms with Crippen LogP contribution in [-0.4, -0.2) is 18.1 Å². The second-order valence-electron chi connectivity index (χ2n) is 2.93. The molecule has 0 atom stereocenters. The van der Waals surface area contributed by atoms with Crippen LogP contribution in [0.3, 0.4) is 0 Å². The minimum absolute atomic E-state index is 0. The van der Waals surface area contributed by atoms with Gasteiger partial charge in [0.15, 0.2) is 0 Å². The Balaban J connectivity index is 0. The van der Waals surface area contributed by atoms with E-state index < -0.39 is 0 Å². The number of carbonyl (C=O) groups is 1. The molecule has 0 spiro atoms. The van der Waals surface area contributed by atoms with Crippen molar-refractivity contribution in [1.29, 1.82) is 0 Å². The third-order valence-electron chi connectivity index (χ3n) is 0.840. The number of urea groups is 1. The van der Waals surface area contributed by atoms with E-state index in [1.54, 1.807) is 0 Å². The minimum atomic E-state index is -0.0926. The zero-order valence-corrected chi connectivity index (χ0v) is 9.80. The van der Waals surface area contributed by atoms with Crippen molar-refractivity contribution < 1.29 is 4.79 Å². The summed E-state index contributed by atoms with van der Waals surface area (Å²) in [5.74, 6) is 0. The summed E-state index contributed by atoms with van der Waals surface area (Å²) in [6.45, 7) is 7.72. The fourth-order valence-corrected chi connectivity index (χ4v) is 0.566. The van der Waals surface area contributed by atoms with E-state index in [1.807, 2.05) is 27.7 Å². The predicted octanol–water partition coefficient (Wildman–Crippen LogP) is 1.72. The Morgan fingerprint density at radius 3 is 1.45 bits per heavy atom. The Hall–Kier alpha value is 0. The first-order chi connectivity index (χ1) is 4.52. The maximum absolute atomic E-state index is 10.8. The fourth-order valence-electron chi connectivity index (χ4n) is 0.566. The van der Waals surface area contributed by atoms with Crippen molar-refractivity contribution in [3.63, 3.8) is 0 Å². The molecule has 11 heavy (non-hydrogen) atoms. The molecule has 3 nitrogen and oxygen atoms in total. The molecule has 68 valence electrons. The van der Waals surface area contributed by atoms with Crippen LogP contribution in [0, 0.1) is 0 Å². The van der Waals surface area contributed by atoms with E-state index in [1.165, 1.54) is 0 Å². The van der Waals surface area contributed by atoms with Gasteiger partial charge >= 0.3 is 6.03 Å². The van der Waals surface area contributed by atoms with Crippen molar-refractivity contribution in [3.8, 4) is 0 Å². The summed E-state index contributed by atoms with van der Waals surface area (Å²) in [6.07, 6.45) is 0. The number of nitrogens with one attached hydrogen (secondary N) is 2. The van der Waals surface area contributed by atoms with Crippen molar-refractivity contribution in [1.82, 2.24) is 10.6 Å². The lowest BCUT2D eigenvalue weighted by Gasteiger charge is -2.11. The molecule has 0 bridgehead atoms. The lowest BCUT2D eigenvalue weighted by atomic mass is 10.4. The molecule has 0 unspecified atom stereocenters. The molecule has 0 fully saturated rings. The van der Waals surface area contributed by atoms with Gasteiger partial charge < -0.3 is 10.6 Å². The second-order valence-corrected chi connectivity index (χ2v) is 2.93. The van der Waals surface area contributed by atoms with Crippen LogP contribution < -0.4 is 10.6 Å². The van der Waals surface area contributed by atoms with Gasteiger partial charge in [-0.15, -0.1) is 24.0 Å². The fraction of sp³-hybridized carbons (Fsp3) is 0.857. The summed E-state index contributed by atoms with van der Waals surface area (Å²) in [7, 11) is 0. The third-order valence-corrected chi connectivity index (χ3v) is 0.840. The van der Waals surface area contributed by atoms with Crippen LogP contribution in [0.2, 0.25) is 0 Å². The first-order valence-electron chi connectivity index (χ1n) is 3.59. The Labute approximate surface area is 85.3 Å². The summed E-state index contributed by atoms with van der Waals surface area (Å²) in [6, 6.07) is 0.322. The Bertz CT molecular complexity index is 103. The number of carbonyl (C=O) groups excluding carboxylic acids is 1. The minimum Gasteiger partial charge on any atom is -0.336 e. The summed E-state index contributed by atoms with van der Waals surface area (Å²) in [5, 5.41) is 5.45. The van der Waals surface area contributed by atoms with E-state index in [-0.39, 0.29) is 42.1 Å². The van der Waals surface area contributed by atoms with Crippen LogP contribution in [0.25, 0.3) is 0 Å². The SMILES string of the molecule is CC(C)NC(=O)NC(C)C.I. The van der Waals surface area contributed by atoms with Gasteiger partial charge in [-0.2, -0.15) is 0 Å². The van der Waals surface area contributed by atoms with Crippen molar-refractivity contribution >= 4 is 30.0 Å². The number of halogens is 1. The normalized spacial score (nSPS) is 9.27. The molecule has 2 amide bonds. The van der Waals surface area contributed by atoms with Crippen LogP contribution >= 0.6 is 24.0 Å². The van der Waals surface area contributed by atoms with Gasteiger partial charge in [0.1, 0.15) is 0 Å². The molecular weight excluding hydrogens is 255 g/mol. The maximum Gasteiger partial charge on any atom is 0.315 e. The molecule has 0 aromatic heterocycles. The van der Waals surface area contributed by atoms with Gasteiger partial charge in [-0.3, -0.25) is 0 Å². The van der Waals surface area contributed by atoms with Gasteiger partial charge in [0.05, 0.1) is 0 Å². The van der Waals surface area contributed by atoms with Crippen LogP contribution in [0.4, 0.5) is 4.79 Å². The van der Waals surface area contributed by atoms with E-state index in [0.29, 0.717) is 0 Å². The molecule has 0 aliphatic heterocycles. The molecule has 0 saturated carbocycles. The zero-order valence-electron chi connectivity index (χ0n) is 7.47. The Morgan fingerprint density at radius 1 is 1.00 bits per heavy atom. The number of rotatable bonds is 2. The maximum atomic E-state index is 10.8. The van der Waals surface area contributed by atoms with Crippen LogP contribution in [0.5, 0.6) is 0 Å². The van der Waals surface area contributed by atoms with E-state index in [9.17, 15) is 4.79 Å². The highest BCUT2D eigenvalue weighted by Crippen LogP contribution is 1.79. The van der Waals surface area contributed by atoms with Gasteiger partial charge in [0.2, 0.25) is 0 Å². The number of hydrogen-bond acceptors (Lipinski definition) is 1. The first kappa shape index (κ1) is 13.6. The van der Waals surface area contributed by atoms with E-state index in [4.69, 9.17) is 0 Å². The molecule has 0 heterocycles. The molecule has 0 aromatic carbocycles. The van der Waals surface area contributed by atoms with Crippen LogP contribution in [0.1, 0.15) is 27.7 Å². The number of hydrogen-bond donors (Lipinski definition) is 2. The summed E-state index contributed by atoms with van der Waals surface area (Å²) in [5.41, 5.74) is 0. The topological polar surface area (TPSA) is 41.1 Å². The first-order valence-corrected chi connectivity index (χ1v) is 3.59. The molecule has 0 aliphatic carbocycles. The highest BCUT2D eigenvalue weighted by Gasteiger charge is 2.02. The standard InChI is InChI=1S/C7H16N2O.HI/c1-5(2)8-7(10)9-6(3)4;/h5-6H,1-4H3,(H2,8,9,10);1H. The van der Waals surface area contributed by atoms with Gasteiger partial charge in [-0.1, -0.05) is 0 Å². The van der Waals surface area contributed by atoms with E-state index >= 15 is 0 Å².